The molecule has 1 fully saturated rings. The van der Waals surface area contributed by atoms with Gasteiger partial charge in [0.1, 0.15) is 12.2 Å². The summed E-state index contributed by atoms with van der Waals surface area (Å²) in [5.41, 5.74) is 2.54. The quantitative estimate of drug-likeness (QED) is 0.583. The van der Waals surface area contributed by atoms with Crippen LogP contribution in [0, 0.1) is 0 Å². The van der Waals surface area contributed by atoms with E-state index >= 15 is 0 Å². The van der Waals surface area contributed by atoms with Gasteiger partial charge in [0.15, 0.2) is 0 Å². The molecule has 3 rings (SSSR count). The molecule has 2 atom stereocenters. The van der Waals surface area contributed by atoms with Crippen molar-refractivity contribution < 1.29 is 4.74 Å². The van der Waals surface area contributed by atoms with Crippen LogP contribution < -0.4 is 0 Å². The molecule has 2 unspecified atom stereocenters. The van der Waals surface area contributed by atoms with Crippen LogP contribution in [-0.2, 0) is 4.74 Å². The van der Waals surface area contributed by atoms with E-state index in [0.29, 0.717) is 0 Å². The van der Waals surface area contributed by atoms with Gasteiger partial charge in [-0.2, -0.15) is 0 Å². The van der Waals surface area contributed by atoms with Crippen LogP contribution in [0.5, 0.6) is 0 Å². The summed E-state index contributed by atoms with van der Waals surface area (Å²) in [7, 11) is 0. The van der Waals surface area contributed by atoms with Crippen LogP contribution in [0.15, 0.2) is 60.7 Å². The van der Waals surface area contributed by atoms with Crippen molar-refractivity contribution in [2.45, 2.75) is 12.2 Å². The molecule has 2 aromatic rings. The van der Waals surface area contributed by atoms with E-state index in [1.54, 1.807) is 0 Å². The third-order valence-electron chi connectivity index (χ3n) is 2.75. The maximum Gasteiger partial charge on any atom is 0.114 e. The topological polar surface area (TPSA) is 12.5 Å². The summed E-state index contributed by atoms with van der Waals surface area (Å²) >= 11 is 0. The molecule has 1 nitrogen and oxygen atoms in total. The third-order valence-corrected chi connectivity index (χ3v) is 2.75. The minimum atomic E-state index is 0. The fraction of sp³-hybridized carbons (Fsp3) is 0.143. The molecule has 0 aromatic heterocycles. The number of rotatable bonds is 2. The normalized spacial score (nSPS) is 20.9. The Morgan fingerprint density at radius 3 is 1.29 bits per heavy atom. The van der Waals surface area contributed by atoms with Gasteiger partial charge >= 0.3 is 59.1 Å². The molecule has 0 radical (unpaired) electrons. The number of ether oxygens (including phenoxy) is 1. The first kappa shape index (κ1) is 15.5. The molecule has 1 saturated heterocycles. The summed E-state index contributed by atoms with van der Waals surface area (Å²) in [6, 6.07) is 20.8. The summed E-state index contributed by atoms with van der Waals surface area (Å²) < 4.78 is 5.69. The molecule has 1 heterocycles. The van der Waals surface area contributed by atoms with Crippen molar-refractivity contribution in [3.8, 4) is 0 Å². The molecule has 2 aromatic carbocycles. The predicted octanol–water partition coefficient (Wildman–Crippen LogP) is 2.20. The van der Waals surface area contributed by atoms with Gasteiger partial charge in [0.2, 0.25) is 0 Å². The van der Waals surface area contributed by atoms with Gasteiger partial charge < -0.3 is 4.74 Å². The van der Waals surface area contributed by atoms with Crippen molar-refractivity contribution in [1.82, 2.24) is 0 Å². The molecular weight excluding hydrogens is 230 g/mol. The van der Waals surface area contributed by atoms with Crippen molar-refractivity contribution in [2.24, 2.45) is 0 Å². The zero-order valence-corrected chi connectivity index (χ0v) is 8.34. The van der Waals surface area contributed by atoms with E-state index in [2.05, 4.69) is 48.5 Å². The SMILES string of the molecule is [NaH].[NaH].c1ccc(C2OC2c2ccccc2)cc1. The Labute approximate surface area is 146 Å². The Kier molecular flexibility index (Phi) is 6.46. The molecule has 17 heavy (non-hydrogen) atoms. The Hall–Kier alpha value is 0.400. The summed E-state index contributed by atoms with van der Waals surface area (Å²) in [5.74, 6) is 0. The van der Waals surface area contributed by atoms with E-state index in [0.717, 1.165) is 0 Å². The minimum Gasteiger partial charge on any atom is -0.359 e. The van der Waals surface area contributed by atoms with Crippen LogP contribution in [0.3, 0.4) is 0 Å². The average molecular weight is 244 g/mol. The second kappa shape index (κ2) is 7.10. The van der Waals surface area contributed by atoms with Crippen LogP contribution in [0.4, 0.5) is 0 Å². The minimum absolute atomic E-state index is 0. The maximum atomic E-state index is 5.69. The number of epoxide rings is 1. The molecule has 0 bridgehead atoms. The van der Waals surface area contributed by atoms with E-state index in [1.165, 1.54) is 11.1 Å². The molecule has 3 heteroatoms. The van der Waals surface area contributed by atoms with E-state index in [4.69, 9.17) is 4.74 Å². The van der Waals surface area contributed by atoms with Crippen molar-refractivity contribution in [3.63, 3.8) is 0 Å². The standard InChI is InChI=1S/C14H12O.2Na.2H/c1-3-7-11(8-4-1)13-14(15-13)12-9-5-2-6-10-12;;;;/h1-10,13-14H;;;;. The predicted molar refractivity (Wildman–Crippen MR) is 73.7 cm³/mol. The first-order valence-electron chi connectivity index (χ1n) is 5.20. The van der Waals surface area contributed by atoms with E-state index in [9.17, 15) is 0 Å². The van der Waals surface area contributed by atoms with Crippen LogP contribution in [0.2, 0.25) is 0 Å². The number of benzene rings is 2. The van der Waals surface area contributed by atoms with E-state index < -0.39 is 0 Å². The van der Waals surface area contributed by atoms with Crippen molar-refractivity contribution >= 4 is 59.1 Å². The Morgan fingerprint density at radius 2 is 0.941 bits per heavy atom. The van der Waals surface area contributed by atoms with Crippen molar-refractivity contribution in [3.05, 3.63) is 71.8 Å². The molecule has 1 aliphatic rings. The van der Waals surface area contributed by atoms with Gasteiger partial charge in [-0.15, -0.1) is 0 Å². The monoisotopic (exact) mass is 244 g/mol. The molecule has 0 amide bonds. The van der Waals surface area contributed by atoms with Gasteiger partial charge in [0.25, 0.3) is 0 Å². The maximum absolute atomic E-state index is 5.69. The average Bonchev–Trinajstić information content (AvgIpc) is 3.11. The molecule has 0 spiro atoms. The molecular formula is C14H14Na2O. The van der Waals surface area contributed by atoms with E-state index in [-0.39, 0.29) is 71.3 Å². The summed E-state index contributed by atoms with van der Waals surface area (Å²) in [4.78, 5) is 0. The molecule has 0 aliphatic carbocycles. The van der Waals surface area contributed by atoms with Crippen LogP contribution >= 0.6 is 0 Å². The third kappa shape index (κ3) is 3.68. The summed E-state index contributed by atoms with van der Waals surface area (Å²) in [6.07, 6.45) is 0.516. The molecule has 0 saturated carbocycles. The number of hydrogen-bond donors (Lipinski definition) is 0. The van der Waals surface area contributed by atoms with Crippen LogP contribution in [-0.4, -0.2) is 59.1 Å². The molecule has 1 aliphatic heterocycles. The first-order valence-corrected chi connectivity index (χ1v) is 5.20. The second-order valence-electron chi connectivity index (χ2n) is 3.80. The Morgan fingerprint density at radius 1 is 0.588 bits per heavy atom. The second-order valence-corrected chi connectivity index (χ2v) is 3.80. The molecule has 0 N–H and O–H groups in total. The van der Waals surface area contributed by atoms with Crippen molar-refractivity contribution in [1.29, 1.82) is 0 Å². The molecule has 78 valence electrons. The van der Waals surface area contributed by atoms with Crippen LogP contribution in [0.1, 0.15) is 23.3 Å². The number of hydrogen-bond acceptors (Lipinski definition) is 1. The zero-order chi connectivity index (χ0) is 10.1. The van der Waals surface area contributed by atoms with Crippen LogP contribution in [0.25, 0.3) is 0 Å². The van der Waals surface area contributed by atoms with E-state index in [1.807, 2.05) is 12.1 Å². The summed E-state index contributed by atoms with van der Waals surface area (Å²) in [5, 5.41) is 0. The van der Waals surface area contributed by atoms with Gasteiger partial charge in [0, 0.05) is 0 Å². The van der Waals surface area contributed by atoms with Gasteiger partial charge in [-0.3, -0.25) is 0 Å². The smallest absolute Gasteiger partial charge is 0.114 e. The zero-order valence-electron chi connectivity index (χ0n) is 8.34. The fourth-order valence-electron chi connectivity index (χ4n) is 1.90. The van der Waals surface area contributed by atoms with Gasteiger partial charge in [0.05, 0.1) is 0 Å². The first-order chi connectivity index (χ1) is 7.45. The van der Waals surface area contributed by atoms with Gasteiger partial charge in [-0.25, -0.2) is 0 Å². The summed E-state index contributed by atoms with van der Waals surface area (Å²) in [6.45, 7) is 0. The van der Waals surface area contributed by atoms with Crippen molar-refractivity contribution in [2.75, 3.05) is 0 Å². The van der Waals surface area contributed by atoms with Gasteiger partial charge in [-0.05, 0) is 11.1 Å². The Bertz CT molecular complexity index is 401. The largest absolute Gasteiger partial charge is 0.359 e. The fourth-order valence-corrected chi connectivity index (χ4v) is 1.90. The Balaban J connectivity index is 0.000000722. The van der Waals surface area contributed by atoms with Gasteiger partial charge in [-0.1, -0.05) is 60.7 Å².